The Kier molecular flexibility index (Phi) is 3.95. The lowest BCUT2D eigenvalue weighted by molar-refractivity contribution is 0.422. The molecule has 0 aliphatic heterocycles. The lowest BCUT2D eigenvalue weighted by atomic mass is 10.0. The summed E-state index contributed by atoms with van der Waals surface area (Å²) in [5, 5.41) is 4.50. The molecule has 0 amide bonds. The SMILES string of the molecule is Cc1[nH]c2ccc(F)cc2c1CCCNC(C)(C)C. The van der Waals surface area contributed by atoms with E-state index in [1.165, 1.54) is 11.6 Å². The van der Waals surface area contributed by atoms with Gasteiger partial charge in [-0.05, 0) is 70.8 Å². The van der Waals surface area contributed by atoms with Crippen LogP contribution in [0.5, 0.6) is 0 Å². The van der Waals surface area contributed by atoms with E-state index in [2.05, 4.69) is 38.0 Å². The fourth-order valence-corrected chi connectivity index (χ4v) is 2.41. The van der Waals surface area contributed by atoms with E-state index in [-0.39, 0.29) is 11.4 Å². The minimum atomic E-state index is -0.166. The molecule has 1 aromatic heterocycles. The second-order valence-electron chi connectivity index (χ2n) is 6.20. The van der Waals surface area contributed by atoms with Crippen molar-refractivity contribution in [3.63, 3.8) is 0 Å². The summed E-state index contributed by atoms with van der Waals surface area (Å²) >= 11 is 0. The third-order valence-electron chi connectivity index (χ3n) is 3.34. The van der Waals surface area contributed by atoms with Gasteiger partial charge in [0.15, 0.2) is 0 Å². The summed E-state index contributed by atoms with van der Waals surface area (Å²) in [5.41, 5.74) is 3.57. The zero-order valence-electron chi connectivity index (χ0n) is 12.2. The summed E-state index contributed by atoms with van der Waals surface area (Å²) < 4.78 is 13.3. The highest BCUT2D eigenvalue weighted by Crippen LogP contribution is 2.24. The highest BCUT2D eigenvalue weighted by atomic mass is 19.1. The molecule has 0 unspecified atom stereocenters. The third kappa shape index (κ3) is 3.57. The number of aryl methyl sites for hydroxylation is 2. The molecule has 0 fully saturated rings. The van der Waals surface area contributed by atoms with E-state index in [9.17, 15) is 4.39 Å². The summed E-state index contributed by atoms with van der Waals surface area (Å²) in [6.07, 6.45) is 2.03. The Bertz CT molecular complexity index is 564. The van der Waals surface area contributed by atoms with E-state index in [0.717, 1.165) is 36.0 Å². The van der Waals surface area contributed by atoms with Crippen LogP contribution >= 0.6 is 0 Å². The Hall–Kier alpha value is -1.35. The standard InChI is InChI=1S/C16H23FN2/c1-11-13(6-5-9-18-16(2,3)4)14-10-12(17)7-8-15(14)19-11/h7-8,10,18-19H,5-6,9H2,1-4H3. The quantitative estimate of drug-likeness (QED) is 0.803. The molecule has 0 saturated carbocycles. The summed E-state index contributed by atoms with van der Waals surface area (Å²) in [5.74, 6) is -0.166. The van der Waals surface area contributed by atoms with Crippen LogP contribution in [0.25, 0.3) is 10.9 Å². The van der Waals surface area contributed by atoms with E-state index in [1.807, 2.05) is 6.07 Å². The Balaban J connectivity index is 2.08. The highest BCUT2D eigenvalue weighted by molar-refractivity contribution is 5.84. The van der Waals surface area contributed by atoms with Gasteiger partial charge < -0.3 is 10.3 Å². The van der Waals surface area contributed by atoms with Crippen molar-refractivity contribution < 1.29 is 4.39 Å². The van der Waals surface area contributed by atoms with Crippen molar-refractivity contribution in [2.75, 3.05) is 6.54 Å². The van der Waals surface area contributed by atoms with Crippen LogP contribution in [0.15, 0.2) is 18.2 Å². The van der Waals surface area contributed by atoms with Crippen molar-refractivity contribution in [3.8, 4) is 0 Å². The van der Waals surface area contributed by atoms with E-state index in [4.69, 9.17) is 0 Å². The summed E-state index contributed by atoms with van der Waals surface area (Å²) in [4.78, 5) is 3.32. The molecule has 104 valence electrons. The van der Waals surface area contributed by atoms with Crippen LogP contribution < -0.4 is 5.32 Å². The Morgan fingerprint density at radius 1 is 1.26 bits per heavy atom. The maximum Gasteiger partial charge on any atom is 0.123 e. The molecule has 0 spiro atoms. The van der Waals surface area contributed by atoms with Crippen LogP contribution in [0.4, 0.5) is 4.39 Å². The van der Waals surface area contributed by atoms with Gasteiger partial charge in [0.05, 0.1) is 0 Å². The van der Waals surface area contributed by atoms with Gasteiger partial charge >= 0.3 is 0 Å². The number of benzene rings is 1. The molecule has 2 N–H and O–H groups in total. The average molecular weight is 262 g/mol. The molecule has 2 nitrogen and oxygen atoms in total. The van der Waals surface area contributed by atoms with Crippen LogP contribution in [-0.2, 0) is 6.42 Å². The Morgan fingerprint density at radius 3 is 2.68 bits per heavy atom. The Labute approximate surface area is 114 Å². The first-order valence-electron chi connectivity index (χ1n) is 6.88. The van der Waals surface area contributed by atoms with Crippen molar-refractivity contribution >= 4 is 10.9 Å². The fraction of sp³-hybridized carbons (Fsp3) is 0.500. The molecule has 1 heterocycles. The van der Waals surface area contributed by atoms with Crippen molar-refractivity contribution in [1.29, 1.82) is 0 Å². The first-order chi connectivity index (χ1) is 8.87. The van der Waals surface area contributed by atoms with Gasteiger partial charge in [0, 0.05) is 22.1 Å². The van der Waals surface area contributed by atoms with Gasteiger partial charge in [0.25, 0.3) is 0 Å². The van der Waals surface area contributed by atoms with Gasteiger partial charge in [-0.25, -0.2) is 4.39 Å². The Morgan fingerprint density at radius 2 is 2.00 bits per heavy atom. The number of hydrogen-bond donors (Lipinski definition) is 2. The molecule has 0 aliphatic rings. The number of aromatic amines is 1. The second kappa shape index (κ2) is 5.33. The molecule has 0 radical (unpaired) electrons. The van der Waals surface area contributed by atoms with E-state index < -0.39 is 0 Å². The molecular weight excluding hydrogens is 239 g/mol. The number of rotatable bonds is 4. The van der Waals surface area contributed by atoms with Gasteiger partial charge in [0.1, 0.15) is 5.82 Å². The number of aromatic nitrogens is 1. The minimum Gasteiger partial charge on any atom is -0.358 e. The summed E-state index contributed by atoms with van der Waals surface area (Å²) in [6, 6.07) is 4.95. The van der Waals surface area contributed by atoms with E-state index >= 15 is 0 Å². The first kappa shape index (κ1) is 14.1. The molecule has 0 saturated heterocycles. The molecule has 2 aromatic rings. The molecule has 2 rings (SSSR count). The molecular formula is C16H23FN2. The molecule has 1 aromatic carbocycles. The summed E-state index contributed by atoms with van der Waals surface area (Å²) in [7, 11) is 0. The summed E-state index contributed by atoms with van der Waals surface area (Å²) in [6.45, 7) is 9.54. The maximum atomic E-state index is 13.3. The number of nitrogens with one attached hydrogen (secondary N) is 2. The van der Waals surface area contributed by atoms with E-state index in [1.54, 1.807) is 6.07 Å². The largest absolute Gasteiger partial charge is 0.358 e. The second-order valence-corrected chi connectivity index (χ2v) is 6.20. The number of hydrogen-bond acceptors (Lipinski definition) is 1. The third-order valence-corrected chi connectivity index (χ3v) is 3.34. The van der Waals surface area contributed by atoms with Crippen molar-refractivity contribution in [2.45, 2.75) is 46.1 Å². The van der Waals surface area contributed by atoms with Crippen LogP contribution in [-0.4, -0.2) is 17.1 Å². The predicted octanol–water partition coefficient (Wildman–Crippen LogP) is 3.94. The van der Waals surface area contributed by atoms with Crippen molar-refractivity contribution in [3.05, 3.63) is 35.3 Å². The number of halogens is 1. The maximum absolute atomic E-state index is 13.3. The lowest BCUT2D eigenvalue weighted by Crippen LogP contribution is -2.36. The molecule has 0 atom stereocenters. The van der Waals surface area contributed by atoms with Crippen LogP contribution in [0.1, 0.15) is 38.4 Å². The zero-order chi connectivity index (χ0) is 14.0. The number of fused-ring (bicyclic) bond motifs is 1. The number of H-pyrrole nitrogens is 1. The lowest BCUT2D eigenvalue weighted by Gasteiger charge is -2.20. The monoisotopic (exact) mass is 262 g/mol. The van der Waals surface area contributed by atoms with Gasteiger partial charge in [-0.15, -0.1) is 0 Å². The first-order valence-corrected chi connectivity index (χ1v) is 6.88. The fourth-order valence-electron chi connectivity index (χ4n) is 2.41. The topological polar surface area (TPSA) is 27.8 Å². The van der Waals surface area contributed by atoms with Gasteiger partial charge in [-0.1, -0.05) is 0 Å². The van der Waals surface area contributed by atoms with Crippen LogP contribution in [0.2, 0.25) is 0 Å². The zero-order valence-corrected chi connectivity index (χ0v) is 12.2. The highest BCUT2D eigenvalue weighted by Gasteiger charge is 2.11. The molecule has 3 heteroatoms. The molecule has 19 heavy (non-hydrogen) atoms. The normalized spacial score (nSPS) is 12.3. The van der Waals surface area contributed by atoms with Gasteiger partial charge in [0.2, 0.25) is 0 Å². The predicted molar refractivity (Wildman–Crippen MR) is 79.1 cm³/mol. The van der Waals surface area contributed by atoms with E-state index in [0.29, 0.717) is 0 Å². The van der Waals surface area contributed by atoms with Gasteiger partial charge in [-0.2, -0.15) is 0 Å². The van der Waals surface area contributed by atoms with Gasteiger partial charge in [-0.3, -0.25) is 0 Å². The van der Waals surface area contributed by atoms with Crippen molar-refractivity contribution in [2.24, 2.45) is 0 Å². The van der Waals surface area contributed by atoms with Crippen molar-refractivity contribution in [1.82, 2.24) is 10.3 Å². The molecule has 0 aliphatic carbocycles. The molecule has 0 bridgehead atoms. The average Bonchev–Trinajstić information content (AvgIpc) is 2.59. The van der Waals surface area contributed by atoms with Crippen LogP contribution in [0.3, 0.4) is 0 Å². The minimum absolute atomic E-state index is 0.154. The smallest absolute Gasteiger partial charge is 0.123 e. The van der Waals surface area contributed by atoms with Crippen LogP contribution in [0, 0.1) is 12.7 Å².